The highest BCUT2D eigenvalue weighted by Crippen LogP contribution is 2.16. The summed E-state index contributed by atoms with van der Waals surface area (Å²) in [6.07, 6.45) is 3.07. The van der Waals surface area contributed by atoms with Gasteiger partial charge in [0, 0.05) is 11.3 Å². The molecule has 7 nitrogen and oxygen atoms in total. The van der Waals surface area contributed by atoms with E-state index in [2.05, 4.69) is 57.0 Å². The molecule has 0 saturated carbocycles. The van der Waals surface area contributed by atoms with E-state index in [0.29, 0.717) is 12.2 Å². The first-order valence-corrected chi connectivity index (χ1v) is 8.45. The number of hydrogen-bond acceptors (Lipinski definition) is 5. The van der Waals surface area contributed by atoms with Crippen LogP contribution < -0.4 is 11.0 Å². The number of H-pyrrole nitrogens is 1. The minimum Gasteiger partial charge on any atom is -0.275 e. The summed E-state index contributed by atoms with van der Waals surface area (Å²) in [7, 11) is 0. The molecule has 0 amide bonds. The van der Waals surface area contributed by atoms with Crippen LogP contribution in [0.1, 0.15) is 28.1 Å². The summed E-state index contributed by atoms with van der Waals surface area (Å²) in [6.45, 7) is 6.69. The fourth-order valence-electron chi connectivity index (χ4n) is 2.55. The predicted octanol–water partition coefficient (Wildman–Crippen LogP) is 3.04. The zero-order chi connectivity index (χ0) is 18.7. The van der Waals surface area contributed by atoms with Gasteiger partial charge in [-0.1, -0.05) is 41.4 Å². The van der Waals surface area contributed by atoms with Gasteiger partial charge in [-0.25, -0.2) is 5.10 Å². The molecule has 0 spiro atoms. The molecule has 0 radical (unpaired) electrons. The van der Waals surface area contributed by atoms with Crippen molar-refractivity contribution in [3.8, 4) is 0 Å². The lowest BCUT2D eigenvalue weighted by atomic mass is 10.1. The third-order valence-electron chi connectivity index (χ3n) is 4.06. The second-order valence-electron chi connectivity index (χ2n) is 6.02. The Bertz CT molecular complexity index is 1000. The lowest BCUT2D eigenvalue weighted by Crippen LogP contribution is -2.10. The number of nitrogens with one attached hydrogen (secondary N) is 2. The Kier molecular flexibility index (Phi) is 5.18. The van der Waals surface area contributed by atoms with Crippen molar-refractivity contribution in [1.29, 1.82) is 0 Å². The van der Waals surface area contributed by atoms with Crippen molar-refractivity contribution in [3.63, 3.8) is 0 Å². The van der Waals surface area contributed by atoms with Crippen molar-refractivity contribution in [3.05, 3.63) is 73.9 Å². The Morgan fingerprint density at radius 3 is 2.73 bits per heavy atom. The van der Waals surface area contributed by atoms with Gasteiger partial charge < -0.3 is 0 Å². The van der Waals surface area contributed by atoms with Gasteiger partial charge in [0.05, 0.1) is 24.7 Å². The van der Waals surface area contributed by atoms with Gasteiger partial charge >= 0.3 is 0 Å². The molecule has 2 aromatic heterocycles. The summed E-state index contributed by atoms with van der Waals surface area (Å²) in [5.41, 5.74) is 7.82. The molecule has 2 N–H and O–H groups in total. The maximum Gasteiger partial charge on any atom is 0.285 e. The van der Waals surface area contributed by atoms with Gasteiger partial charge in [-0.2, -0.15) is 15.3 Å². The summed E-state index contributed by atoms with van der Waals surface area (Å²) in [4.78, 5) is 11.4. The summed E-state index contributed by atoms with van der Waals surface area (Å²) in [5, 5.41) is 14.7. The molecule has 2 heterocycles. The highest BCUT2D eigenvalue weighted by atomic mass is 35.5. The van der Waals surface area contributed by atoms with E-state index < -0.39 is 5.56 Å². The second-order valence-corrected chi connectivity index (χ2v) is 6.40. The molecule has 0 aliphatic carbocycles. The predicted molar refractivity (Wildman–Crippen MR) is 103 cm³/mol. The molecule has 3 rings (SSSR count). The Morgan fingerprint density at radius 2 is 2.00 bits per heavy atom. The molecule has 134 valence electrons. The first kappa shape index (κ1) is 17.9. The van der Waals surface area contributed by atoms with Crippen molar-refractivity contribution in [2.45, 2.75) is 27.3 Å². The number of rotatable bonds is 5. The van der Waals surface area contributed by atoms with Crippen LogP contribution in [0.4, 0.5) is 5.69 Å². The Labute approximate surface area is 155 Å². The Morgan fingerprint density at radius 1 is 1.27 bits per heavy atom. The monoisotopic (exact) mass is 370 g/mol. The minimum atomic E-state index is -0.467. The molecule has 0 aliphatic rings. The molecule has 1 aromatic carbocycles. The van der Waals surface area contributed by atoms with Crippen LogP contribution in [-0.2, 0) is 6.54 Å². The smallest absolute Gasteiger partial charge is 0.275 e. The van der Waals surface area contributed by atoms with Crippen molar-refractivity contribution < 1.29 is 0 Å². The quantitative estimate of drug-likeness (QED) is 0.533. The molecule has 0 aliphatic heterocycles. The third-order valence-corrected chi connectivity index (χ3v) is 4.44. The van der Waals surface area contributed by atoms with E-state index in [1.54, 1.807) is 6.21 Å². The zero-order valence-corrected chi connectivity index (χ0v) is 15.5. The van der Waals surface area contributed by atoms with E-state index in [9.17, 15) is 4.79 Å². The molecule has 0 bridgehead atoms. The molecule has 26 heavy (non-hydrogen) atoms. The molecule has 0 unspecified atom stereocenters. The van der Waals surface area contributed by atoms with Crippen molar-refractivity contribution in [2.75, 3.05) is 5.43 Å². The standard InChI is InChI=1S/C18H19ClN6O/c1-11-4-6-14(7-5-11)10-25-13(3)15(12(2)24-25)8-20-22-16-9-21-23-18(26)17(16)19/h4-9H,10H2,1-3H3,(H2,22,23,26)/b20-8-. The van der Waals surface area contributed by atoms with E-state index in [-0.39, 0.29) is 5.02 Å². The van der Waals surface area contributed by atoms with Crippen LogP contribution in [0.3, 0.4) is 0 Å². The van der Waals surface area contributed by atoms with Crippen LogP contribution in [0.5, 0.6) is 0 Å². The fraction of sp³-hybridized carbons (Fsp3) is 0.222. The molecular formula is C18H19ClN6O. The average Bonchev–Trinajstić information content (AvgIpc) is 2.88. The van der Waals surface area contributed by atoms with E-state index in [1.807, 2.05) is 18.5 Å². The number of hydrogen-bond donors (Lipinski definition) is 2. The third kappa shape index (κ3) is 3.83. The number of hydrazone groups is 1. The van der Waals surface area contributed by atoms with Crippen LogP contribution in [0.15, 0.2) is 40.4 Å². The summed E-state index contributed by atoms with van der Waals surface area (Å²) in [6, 6.07) is 8.38. The largest absolute Gasteiger partial charge is 0.285 e. The summed E-state index contributed by atoms with van der Waals surface area (Å²) >= 11 is 5.91. The zero-order valence-electron chi connectivity index (χ0n) is 14.7. The summed E-state index contributed by atoms with van der Waals surface area (Å²) in [5.74, 6) is 0. The number of aromatic amines is 1. The summed E-state index contributed by atoms with van der Waals surface area (Å²) < 4.78 is 1.95. The Balaban J connectivity index is 1.78. The van der Waals surface area contributed by atoms with Gasteiger partial charge in [-0.05, 0) is 26.3 Å². The maximum atomic E-state index is 11.4. The minimum absolute atomic E-state index is 0.0145. The maximum absolute atomic E-state index is 11.4. The first-order valence-electron chi connectivity index (χ1n) is 8.07. The number of aryl methyl sites for hydroxylation is 2. The van der Waals surface area contributed by atoms with Gasteiger partial charge in [0.1, 0.15) is 10.7 Å². The van der Waals surface area contributed by atoms with Crippen LogP contribution in [0, 0.1) is 20.8 Å². The van der Waals surface area contributed by atoms with Crippen molar-refractivity contribution in [1.82, 2.24) is 20.0 Å². The van der Waals surface area contributed by atoms with E-state index in [1.165, 1.54) is 17.3 Å². The topological polar surface area (TPSA) is 88.0 Å². The highest BCUT2D eigenvalue weighted by molar-refractivity contribution is 6.32. The molecule has 0 fully saturated rings. The van der Waals surface area contributed by atoms with Crippen molar-refractivity contribution in [2.24, 2.45) is 5.10 Å². The number of benzene rings is 1. The number of anilines is 1. The molecular weight excluding hydrogens is 352 g/mol. The fourth-order valence-corrected chi connectivity index (χ4v) is 2.68. The van der Waals surface area contributed by atoms with Gasteiger partial charge in [0.2, 0.25) is 0 Å². The molecule has 8 heteroatoms. The van der Waals surface area contributed by atoms with Crippen LogP contribution in [0.25, 0.3) is 0 Å². The number of halogens is 1. The normalized spacial score (nSPS) is 11.2. The highest BCUT2D eigenvalue weighted by Gasteiger charge is 2.10. The number of aromatic nitrogens is 4. The Hall–Kier alpha value is -2.93. The SMILES string of the molecule is Cc1ccc(Cn2nc(C)c(/C=N\Nc3cn[nH]c(=O)c3Cl)c2C)cc1. The lowest BCUT2D eigenvalue weighted by Gasteiger charge is -2.05. The number of nitrogens with zero attached hydrogens (tertiary/aromatic N) is 4. The molecule has 0 saturated heterocycles. The van der Waals surface area contributed by atoms with E-state index in [0.717, 1.165) is 17.0 Å². The van der Waals surface area contributed by atoms with Gasteiger partial charge in [-0.3, -0.25) is 14.9 Å². The van der Waals surface area contributed by atoms with Gasteiger partial charge in [0.25, 0.3) is 5.56 Å². The first-order chi connectivity index (χ1) is 12.5. The van der Waals surface area contributed by atoms with Crippen LogP contribution in [-0.4, -0.2) is 26.2 Å². The van der Waals surface area contributed by atoms with Crippen LogP contribution in [0.2, 0.25) is 5.02 Å². The molecule has 0 atom stereocenters. The second kappa shape index (κ2) is 7.53. The van der Waals surface area contributed by atoms with Crippen LogP contribution >= 0.6 is 11.6 Å². The van der Waals surface area contributed by atoms with E-state index >= 15 is 0 Å². The van der Waals surface area contributed by atoms with Gasteiger partial charge in [-0.15, -0.1) is 0 Å². The lowest BCUT2D eigenvalue weighted by molar-refractivity contribution is 0.659. The van der Waals surface area contributed by atoms with Crippen molar-refractivity contribution >= 4 is 23.5 Å². The van der Waals surface area contributed by atoms with E-state index in [4.69, 9.17) is 11.6 Å². The van der Waals surface area contributed by atoms with Gasteiger partial charge in [0.15, 0.2) is 0 Å². The average molecular weight is 371 g/mol. The molecule has 3 aromatic rings.